The molecule has 0 amide bonds. The Kier molecular flexibility index (Phi) is 6.57. The maximum atomic E-state index is 12.6. The second kappa shape index (κ2) is 8.87. The topological polar surface area (TPSA) is 77.3 Å². The van der Waals surface area contributed by atoms with Crippen molar-refractivity contribution in [2.45, 2.75) is 38.1 Å². The van der Waals surface area contributed by atoms with Gasteiger partial charge < -0.3 is 4.79 Å². The van der Waals surface area contributed by atoms with E-state index in [0.29, 0.717) is 5.56 Å². The molecule has 0 spiro atoms. The molecule has 2 rings (SSSR count). The maximum absolute atomic E-state index is 12.6. The van der Waals surface area contributed by atoms with E-state index in [-0.39, 0.29) is 35.8 Å². The quantitative estimate of drug-likeness (QED) is 0.392. The summed E-state index contributed by atoms with van der Waals surface area (Å²) >= 11 is 0. The van der Waals surface area contributed by atoms with Crippen LogP contribution in [0.1, 0.15) is 48.0 Å². The van der Waals surface area contributed by atoms with Crippen molar-refractivity contribution in [3.05, 3.63) is 81.9 Å². The summed E-state index contributed by atoms with van der Waals surface area (Å²) < 4.78 is 0. The van der Waals surface area contributed by atoms with Crippen LogP contribution in [0.3, 0.4) is 0 Å². The number of ketones is 2. The van der Waals surface area contributed by atoms with Gasteiger partial charge in [0.15, 0.2) is 5.78 Å². The Hall–Kier alpha value is -2.82. The van der Waals surface area contributed by atoms with E-state index >= 15 is 0 Å². The molecule has 130 valence electrons. The van der Waals surface area contributed by atoms with Crippen LogP contribution in [0, 0.1) is 10.1 Å². The van der Waals surface area contributed by atoms with Crippen molar-refractivity contribution in [2.75, 3.05) is 0 Å². The van der Waals surface area contributed by atoms with Crippen molar-refractivity contribution in [1.29, 1.82) is 0 Å². The van der Waals surface area contributed by atoms with Gasteiger partial charge in [-0.15, -0.1) is 0 Å². The molecule has 5 heteroatoms. The number of benzene rings is 2. The average Bonchev–Trinajstić information content (AvgIpc) is 2.61. The van der Waals surface area contributed by atoms with Crippen LogP contribution in [0.4, 0.5) is 0 Å². The van der Waals surface area contributed by atoms with Gasteiger partial charge in [0.1, 0.15) is 5.78 Å². The number of rotatable bonds is 9. The van der Waals surface area contributed by atoms with Crippen LogP contribution in [0.2, 0.25) is 0 Å². The highest BCUT2D eigenvalue weighted by Gasteiger charge is 2.34. The fourth-order valence-electron chi connectivity index (χ4n) is 2.92. The Labute approximate surface area is 146 Å². The van der Waals surface area contributed by atoms with E-state index in [0.717, 1.165) is 5.56 Å². The highest BCUT2D eigenvalue weighted by Crippen LogP contribution is 2.29. The Balaban J connectivity index is 2.30. The Morgan fingerprint density at radius 3 is 2.08 bits per heavy atom. The number of Topliss-reactive ketones (excluding diaryl/α,β-unsaturated/α-hetero) is 2. The molecule has 25 heavy (non-hydrogen) atoms. The second-order valence-corrected chi connectivity index (χ2v) is 6.10. The van der Waals surface area contributed by atoms with Crippen LogP contribution >= 0.6 is 0 Å². The lowest BCUT2D eigenvalue weighted by atomic mass is 9.83. The van der Waals surface area contributed by atoms with Crippen molar-refractivity contribution in [2.24, 2.45) is 0 Å². The van der Waals surface area contributed by atoms with E-state index in [1.807, 2.05) is 12.1 Å². The fourth-order valence-corrected chi connectivity index (χ4v) is 2.92. The molecule has 0 heterocycles. The summed E-state index contributed by atoms with van der Waals surface area (Å²) in [5.41, 5.74) is 1.29. The molecule has 0 fully saturated rings. The molecule has 2 atom stereocenters. The Bertz CT molecular complexity index is 728. The smallest absolute Gasteiger partial charge is 0.220 e. The van der Waals surface area contributed by atoms with Gasteiger partial charge in [0.25, 0.3) is 0 Å². The summed E-state index contributed by atoms with van der Waals surface area (Å²) in [5, 5.41) is 11.6. The monoisotopic (exact) mass is 339 g/mol. The minimum Gasteiger partial charge on any atom is -0.300 e. The zero-order valence-electron chi connectivity index (χ0n) is 14.1. The van der Waals surface area contributed by atoms with Crippen molar-refractivity contribution < 1.29 is 14.5 Å². The first-order chi connectivity index (χ1) is 12.0. The molecule has 0 aliphatic carbocycles. The molecule has 0 bridgehead atoms. The number of hydrogen-bond acceptors (Lipinski definition) is 4. The Morgan fingerprint density at radius 2 is 1.56 bits per heavy atom. The zero-order valence-corrected chi connectivity index (χ0v) is 14.1. The molecule has 5 nitrogen and oxygen atoms in total. The lowest BCUT2D eigenvalue weighted by Crippen LogP contribution is -2.30. The summed E-state index contributed by atoms with van der Waals surface area (Å²) in [7, 11) is 0. The molecular weight excluding hydrogens is 318 g/mol. The SMILES string of the molecule is CC(=O)CC[C@H]([C@H](CC(=O)c1ccccc1)c1ccccc1)[N+](=O)[O-]. The first kappa shape index (κ1) is 18.5. The largest absolute Gasteiger partial charge is 0.300 e. The van der Waals surface area contributed by atoms with E-state index < -0.39 is 12.0 Å². The molecule has 0 aromatic heterocycles. The standard InChI is InChI=1S/C20H21NO4/c1-15(22)12-13-19(21(24)25)18(16-8-4-2-5-9-16)14-20(23)17-10-6-3-7-11-17/h2-11,18-19H,12-14H2,1H3/t18-,19-/m1/s1. The van der Waals surface area contributed by atoms with Gasteiger partial charge in [0.2, 0.25) is 6.04 Å². The fraction of sp³-hybridized carbons (Fsp3) is 0.300. The van der Waals surface area contributed by atoms with Crippen molar-refractivity contribution in [1.82, 2.24) is 0 Å². The van der Waals surface area contributed by atoms with E-state index in [4.69, 9.17) is 0 Å². The van der Waals surface area contributed by atoms with Gasteiger partial charge in [-0.25, -0.2) is 0 Å². The van der Waals surface area contributed by atoms with Gasteiger partial charge in [-0.1, -0.05) is 60.7 Å². The molecule has 0 aliphatic rings. The van der Waals surface area contributed by atoms with Gasteiger partial charge in [0.05, 0.1) is 5.92 Å². The third-order valence-corrected chi connectivity index (χ3v) is 4.26. The Morgan fingerprint density at radius 1 is 1.00 bits per heavy atom. The third kappa shape index (κ3) is 5.35. The molecule has 0 N–H and O–H groups in total. The van der Waals surface area contributed by atoms with Gasteiger partial charge in [0, 0.05) is 29.7 Å². The molecule has 0 aliphatic heterocycles. The van der Waals surface area contributed by atoms with Gasteiger partial charge in [-0.2, -0.15) is 0 Å². The summed E-state index contributed by atoms with van der Waals surface area (Å²) in [6.45, 7) is 1.42. The third-order valence-electron chi connectivity index (χ3n) is 4.26. The van der Waals surface area contributed by atoms with Gasteiger partial charge >= 0.3 is 0 Å². The lowest BCUT2D eigenvalue weighted by Gasteiger charge is -2.21. The minimum atomic E-state index is -0.973. The van der Waals surface area contributed by atoms with Gasteiger partial charge in [-0.05, 0) is 12.5 Å². The first-order valence-corrected chi connectivity index (χ1v) is 8.25. The summed E-state index contributed by atoms with van der Waals surface area (Å²) in [4.78, 5) is 35.2. The number of carbonyl (C=O) groups excluding carboxylic acids is 2. The van der Waals surface area contributed by atoms with Crippen LogP contribution < -0.4 is 0 Å². The normalized spacial score (nSPS) is 13.0. The molecule has 0 radical (unpaired) electrons. The molecular formula is C20H21NO4. The van der Waals surface area contributed by atoms with Crippen LogP contribution in [-0.2, 0) is 4.79 Å². The summed E-state index contributed by atoms with van der Waals surface area (Å²) in [5.74, 6) is -0.791. The number of nitro groups is 1. The van der Waals surface area contributed by atoms with E-state index in [2.05, 4.69) is 0 Å². The average molecular weight is 339 g/mol. The van der Waals surface area contributed by atoms with Crippen LogP contribution in [-0.4, -0.2) is 22.5 Å². The molecule has 0 unspecified atom stereocenters. The van der Waals surface area contributed by atoms with Crippen molar-refractivity contribution >= 4 is 11.6 Å². The predicted octanol–water partition coefficient (Wildman–Crippen LogP) is 4.06. The van der Waals surface area contributed by atoms with Crippen LogP contribution in [0.5, 0.6) is 0 Å². The number of carbonyl (C=O) groups is 2. The molecule has 0 saturated heterocycles. The first-order valence-electron chi connectivity index (χ1n) is 8.25. The molecule has 2 aromatic rings. The summed E-state index contributed by atoms with van der Waals surface area (Å²) in [6.07, 6.45) is 0.302. The van der Waals surface area contributed by atoms with E-state index in [1.165, 1.54) is 6.92 Å². The zero-order chi connectivity index (χ0) is 18.2. The molecule has 2 aromatic carbocycles. The van der Waals surface area contributed by atoms with Crippen LogP contribution in [0.25, 0.3) is 0 Å². The van der Waals surface area contributed by atoms with Gasteiger partial charge in [-0.3, -0.25) is 14.9 Å². The number of hydrogen-bond donors (Lipinski definition) is 0. The minimum absolute atomic E-state index is 0.0393. The van der Waals surface area contributed by atoms with E-state index in [1.54, 1.807) is 48.5 Å². The lowest BCUT2D eigenvalue weighted by molar-refractivity contribution is -0.527. The molecule has 0 saturated carbocycles. The maximum Gasteiger partial charge on any atom is 0.220 e. The van der Waals surface area contributed by atoms with Crippen molar-refractivity contribution in [3.8, 4) is 0 Å². The van der Waals surface area contributed by atoms with Crippen LogP contribution in [0.15, 0.2) is 60.7 Å². The predicted molar refractivity (Wildman–Crippen MR) is 95.3 cm³/mol. The second-order valence-electron chi connectivity index (χ2n) is 6.10. The highest BCUT2D eigenvalue weighted by atomic mass is 16.6. The highest BCUT2D eigenvalue weighted by molar-refractivity contribution is 5.96. The van der Waals surface area contributed by atoms with E-state index in [9.17, 15) is 19.7 Å². The van der Waals surface area contributed by atoms with Crippen molar-refractivity contribution in [3.63, 3.8) is 0 Å². The summed E-state index contributed by atoms with van der Waals surface area (Å²) in [6, 6.07) is 16.8. The number of nitrogens with zero attached hydrogens (tertiary/aromatic N) is 1.